The molecule has 2 heterocycles. The highest BCUT2D eigenvalue weighted by molar-refractivity contribution is 5.96. The summed E-state index contributed by atoms with van der Waals surface area (Å²) in [5, 5.41) is 3.60. The SMILES string of the molecule is CN1CCCN(c2ccc(C(=O)OC(C)(C)C)c(NC3CCOCC3)c2)CC1. The number of benzene rings is 1. The number of ether oxygens (including phenoxy) is 2. The Hall–Kier alpha value is -1.79. The van der Waals surface area contributed by atoms with Gasteiger partial charge in [0.25, 0.3) is 0 Å². The Balaban J connectivity index is 1.84. The third-order valence-corrected chi connectivity index (χ3v) is 5.29. The quantitative estimate of drug-likeness (QED) is 0.797. The first-order valence-electron chi connectivity index (χ1n) is 10.5. The molecule has 6 heteroatoms. The van der Waals surface area contributed by atoms with Crippen LogP contribution >= 0.6 is 0 Å². The van der Waals surface area contributed by atoms with Gasteiger partial charge in [0.2, 0.25) is 0 Å². The molecule has 0 bridgehead atoms. The summed E-state index contributed by atoms with van der Waals surface area (Å²) in [4.78, 5) is 17.6. The molecular formula is C22H35N3O3. The van der Waals surface area contributed by atoms with E-state index in [1.54, 1.807) is 0 Å². The highest BCUT2D eigenvalue weighted by Crippen LogP contribution is 2.28. The average Bonchev–Trinajstić information content (AvgIpc) is 2.85. The topological polar surface area (TPSA) is 54.0 Å². The number of esters is 1. The summed E-state index contributed by atoms with van der Waals surface area (Å²) >= 11 is 0. The fourth-order valence-electron chi connectivity index (χ4n) is 3.73. The number of nitrogens with one attached hydrogen (secondary N) is 1. The Kier molecular flexibility index (Phi) is 6.83. The van der Waals surface area contributed by atoms with Gasteiger partial charge in [0, 0.05) is 44.6 Å². The molecule has 0 aromatic heterocycles. The van der Waals surface area contributed by atoms with Gasteiger partial charge in [0.15, 0.2) is 0 Å². The van der Waals surface area contributed by atoms with Crippen LogP contribution in [0, 0.1) is 0 Å². The van der Waals surface area contributed by atoms with Gasteiger partial charge in [0.1, 0.15) is 5.60 Å². The number of anilines is 2. The van der Waals surface area contributed by atoms with Gasteiger partial charge in [-0.05, 0) is 71.8 Å². The maximum absolute atomic E-state index is 12.8. The molecule has 0 saturated carbocycles. The van der Waals surface area contributed by atoms with Gasteiger partial charge in [-0.15, -0.1) is 0 Å². The highest BCUT2D eigenvalue weighted by Gasteiger charge is 2.24. The molecular weight excluding hydrogens is 354 g/mol. The van der Waals surface area contributed by atoms with Crippen LogP contribution in [-0.2, 0) is 9.47 Å². The van der Waals surface area contributed by atoms with Crippen LogP contribution in [0.4, 0.5) is 11.4 Å². The summed E-state index contributed by atoms with van der Waals surface area (Å²) in [5.41, 5.74) is 2.13. The number of nitrogens with zero attached hydrogens (tertiary/aromatic N) is 2. The summed E-state index contributed by atoms with van der Waals surface area (Å²) in [6, 6.07) is 6.42. The van der Waals surface area contributed by atoms with E-state index >= 15 is 0 Å². The molecule has 0 unspecified atom stereocenters. The van der Waals surface area contributed by atoms with Crippen molar-refractivity contribution in [3.63, 3.8) is 0 Å². The number of likely N-dealkylation sites (N-methyl/N-ethyl adjacent to an activating group) is 1. The zero-order valence-corrected chi connectivity index (χ0v) is 17.8. The summed E-state index contributed by atoms with van der Waals surface area (Å²) in [5.74, 6) is -0.274. The Morgan fingerprint density at radius 3 is 2.61 bits per heavy atom. The molecule has 156 valence electrons. The number of carbonyl (C=O) groups is 1. The molecule has 0 aliphatic carbocycles. The van der Waals surface area contributed by atoms with E-state index in [4.69, 9.17) is 9.47 Å². The lowest BCUT2D eigenvalue weighted by atomic mass is 10.1. The first-order valence-corrected chi connectivity index (χ1v) is 10.5. The van der Waals surface area contributed by atoms with Crippen molar-refractivity contribution in [2.45, 2.75) is 51.7 Å². The lowest BCUT2D eigenvalue weighted by Crippen LogP contribution is -2.31. The lowest BCUT2D eigenvalue weighted by Gasteiger charge is -2.28. The molecule has 2 aliphatic rings. The second kappa shape index (κ2) is 9.14. The standard InChI is InChI=1S/C22H35N3O3/c1-22(2,3)28-21(26)19-7-6-18(25-11-5-10-24(4)12-13-25)16-20(19)23-17-8-14-27-15-9-17/h6-7,16-17,23H,5,8-15H2,1-4H3. The normalized spacial score (nSPS) is 19.9. The van der Waals surface area contributed by atoms with Crippen LogP contribution in [0.15, 0.2) is 18.2 Å². The van der Waals surface area contributed by atoms with Gasteiger partial charge < -0.3 is 24.6 Å². The highest BCUT2D eigenvalue weighted by atomic mass is 16.6. The van der Waals surface area contributed by atoms with Gasteiger partial charge in [-0.2, -0.15) is 0 Å². The Bertz CT molecular complexity index is 665. The summed E-state index contributed by atoms with van der Waals surface area (Å²) in [6.07, 6.45) is 3.05. The van der Waals surface area contributed by atoms with Gasteiger partial charge in [-0.3, -0.25) is 0 Å². The molecule has 3 rings (SSSR count). The van der Waals surface area contributed by atoms with E-state index in [1.165, 1.54) is 0 Å². The zero-order valence-electron chi connectivity index (χ0n) is 17.8. The van der Waals surface area contributed by atoms with E-state index in [-0.39, 0.29) is 5.97 Å². The van der Waals surface area contributed by atoms with Crippen molar-refractivity contribution >= 4 is 17.3 Å². The van der Waals surface area contributed by atoms with Gasteiger partial charge in [-0.1, -0.05) is 0 Å². The molecule has 0 spiro atoms. The first kappa shape index (κ1) is 20.9. The van der Waals surface area contributed by atoms with Crippen LogP contribution in [0.3, 0.4) is 0 Å². The second-order valence-electron chi connectivity index (χ2n) is 8.91. The number of hydrogen-bond acceptors (Lipinski definition) is 6. The molecule has 1 aromatic rings. The maximum Gasteiger partial charge on any atom is 0.340 e. The van der Waals surface area contributed by atoms with Crippen molar-refractivity contribution in [3.05, 3.63) is 23.8 Å². The maximum atomic E-state index is 12.8. The molecule has 0 amide bonds. The zero-order chi connectivity index (χ0) is 20.1. The molecule has 2 aliphatic heterocycles. The van der Waals surface area contributed by atoms with Gasteiger partial charge in [0.05, 0.1) is 11.3 Å². The van der Waals surface area contributed by atoms with Crippen LogP contribution in [0.1, 0.15) is 50.4 Å². The molecule has 1 aromatic carbocycles. The van der Waals surface area contributed by atoms with Crippen LogP contribution in [-0.4, -0.2) is 69.0 Å². The molecule has 2 saturated heterocycles. The van der Waals surface area contributed by atoms with Crippen molar-refractivity contribution in [1.82, 2.24) is 4.90 Å². The van der Waals surface area contributed by atoms with E-state index < -0.39 is 5.60 Å². The average molecular weight is 390 g/mol. The smallest absolute Gasteiger partial charge is 0.340 e. The Morgan fingerprint density at radius 1 is 1.14 bits per heavy atom. The number of rotatable bonds is 4. The fourth-order valence-corrected chi connectivity index (χ4v) is 3.73. The van der Waals surface area contributed by atoms with Crippen LogP contribution in [0.5, 0.6) is 0 Å². The first-order chi connectivity index (χ1) is 13.3. The van der Waals surface area contributed by atoms with E-state index in [2.05, 4.69) is 34.3 Å². The second-order valence-corrected chi connectivity index (χ2v) is 8.91. The fraction of sp³-hybridized carbons (Fsp3) is 0.682. The third-order valence-electron chi connectivity index (χ3n) is 5.29. The molecule has 0 radical (unpaired) electrons. The summed E-state index contributed by atoms with van der Waals surface area (Å²) in [7, 11) is 2.17. The summed E-state index contributed by atoms with van der Waals surface area (Å²) < 4.78 is 11.1. The van der Waals surface area contributed by atoms with Crippen molar-refractivity contribution < 1.29 is 14.3 Å². The third kappa shape index (κ3) is 5.85. The van der Waals surface area contributed by atoms with Crippen LogP contribution in [0.2, 0.25) is 0 Å². The van der Waals surface area contributed by atoms with Crippen LogP contribution < -0.4 is 10.2 Å². The van der Waals surface area contributed by atoms with Crippen LogP contribution in [0.25, 0.3) is 0 Å². The van der Waals surface area contributed by atoms with E-state index in [9.17, 15) is 4.79 Å². The minimum Gasteiger partial charge on any atom is -0.456 e. The van der Waals surface area contributed by atoms with Crippen molar-refractivity contribution in [2.24, 2.45) is 0 Å². The predicted octanol–water partition coefficient (Wildman–Crippen LogP) is 3.37. The van der Waals surface area contributed by atoms with E-state index in [0.29, 0.717) is 11.6 Å². The van der Waals surface area contributed by atoms with Gasteiger partial charge in [-0.25, -0.2) is 4.79 Å². The number of carbonyl (C=O) groups excluding carboxylic acids is 1. The molecule has 0 atom stereocenters. The van der Waals surface area contributed by atoms with Gasteiger partial charge >= 0.3 is 5.97 Å². The molecule has 1 N–H and O–H groups in total. The van der Waals surface area contributed by atoms with Crippen molar-refractivity contribution in [1.29, 1.82) is 0 Å². The number of hydrogen-bond donors (Lipinski definition) is 1. The predicted molar refractivity (Wildman–Crippen MR) is 113 cm³/mol. The van der Waals surface area contributed by atoms with E-state index in [1.807, 2.05) is 26.8 Å². The summed E-state index contributed by atoms with van der Waals surface area (Å²) in [6.45, 7) is 11.4. The minimum atomic E-state index is -0.513. The Labute approximate surface area is 169 Å². The Morgan fingerprint density at radius 2 is 1.89 bits per heavy atom. The molecule has 28 heavy (non-hydrogen) atoms. The van der Waals surface area contributed by atoms with Crippen molar-refractivity contribution in [3.8, 4) is 0 Å². The largest absolute Gasteiger partial charge is 0.456 e. The molecule has 2 fully saturated rings. The minimum absolute atomic E-state index is 0.274. The lowest BCUT2D eigenvalue weighted by molar-refractivity contribution is 0.00706. The monoisotopic (exact) mass is 389 g/mol. The van der Waals surface area contributed by atoms with E-state index in [0.717, 1.165) is 70.0 Å². The molecule has 6 nitrogen and oxygen atoms in total. The van der Waals surface area contributed by atoms with Crippen molar-refractivity contribution in [2.75, 3.05) is 56.7 Å².